The van der Waals surface area contributed by atoms with Gasteiger partial charge in [-0.3, -0.25) is 0 Å². The zero-order chi connectivity index (χ0) is 24.1. The second-order valence-corrected chi connectivity index (χ2v) is 8.80. The molecular formula is C27H22Cl2N2O3. The van der Waals surface area contributed by atoms with Crippen molar-refractivity contribution in [1.29, 1.82) is 5.26 Å². The van der Waals surface area contributed by atoms with Crippen LogP contribution in [0.3, 0.4) is 0 Å². The van der Waals surface area contributed by atoms with Crippen LogP contribution in [-0.2, 0) is 13.2 Å². The van der Waals surface area contributed by atoms with E-state index in [4.69, 9.17) is 42.5 Å². The SMILES string of the molecule is CC(C)c1onc(-c2c(Cl)cccc2Cl)c1COc1ccc(COc2cccc(C#N)c2)cc1. The fourth-order valence-corrected chi connectivity index (χ4v) is 4.07. The summed E-state index contributed by atoms with van der Waals surface area (Å²) in [5, 5.41) is 14.3. The first-order valence-corrected chi connectivity index (χ1v) is 11.5. The number of ether oxygens (including phenoxy) is 2. The number of aromatic nitrogens is 1. The molecule has 172 valence electrons. The summed E-state index contributed by atoms with van der Waals surface area (Å²) < 4.78 is 17.5. The van der Waals surface area contributed by atoms with E-state index < -0.39 is 0 Å². The van der Waals surface area contributed by atoms with Gasteiger partial charge in [0, 0.05) is 11.5 Å². The standard InChI is InChI=1S/C27H22Cl2N2O3/c1-17(2)27-22(26(31-34-27)25-23(28)7-4-8-24(25)29)16-33-20-11-9-18(10-12-20)15-32-21-6-3-5-19(13-21)14-30/h3-13,17H,15-16H2,1-2H3. The van der Waals surface area contributed by atoms with Crippen LogP contribution in [-0.4, -0.2) is 5.16 Å². The van der Waals surface area contributed by atoms with Crippen molar-refractivity contribution in [3.63, 3.8) is 0 Å². The van der Waals surface area contributed by atoms with Crippen LogP contribution in [0.1, 0.15) is 42.2 Å². The zero-order valence-electron chi connectivity index (χ0n) is 18.7. The van der Waals surface area contributed by atoms with Crippen molar-refractivity contribution < 1.29 is 14.0 Å². The highest BCUT2D eigenvalue weighted by atomic mass is 35.5. The summed E-state index contributed by atoms with van der Waals surface area (Å²) in [6.45, 7) is 4.70. The lowest BCUT2D eigenvalue weighted by Crippen LogP contribution is -2.02. The quantitative estimate of drug-likeness (QED) is 0.251. The maximum absolute atomic E-state index is 9.01. The van der Waals surface area contributed by atoms with E-state index in [9.17, 15) is 0 Å². The van der Waals surface area contributed by atoms with E-state index in [1.54, 1.807) is 36.4 Å². The Labute approximate surface area is 208 Å². The summed E-state index contributed by atoms with van der Waals surface area (Å²) in [5.41, 5.74) is 3.58. The maximum atomic E-state index is 9.01. The molecule has 0 radical (unpaired) electrons. The molecule has 4 rings (SSSR count). The van der Waals surface area contributed by atoms with E-state index in [0.717, 1.165) is 16.9 Å². The average Bonchev–Trinajstić information content (AvgIpc) is 3.26. The van der Waals surface area contributed by atoms with Gasteiger partial charge in [-0.2, -0.15) is 5.26 Å². The van der Waals surface area contributed by atoms with Gasteiger partial charge in [-0.15, -0.1) is 0 Å². The summed E-state index contributed by atoms with van der Waals surface area (Å²) >= 11 is 12.8. The van der Waals surface area contributed by atoms with E-state index in [1.165, 1.54) is 0 Å². The summed E-state index contributed by atoms with van der Waals surface area (Å²) in [6, 6.07) is 22.2. The number of hydrogen-bond acceptors (Lipinski definition) is 5. The number of rotatable bonds is 8. The third-order valence-corrected chi connectivity index (χ3v) is 5.85. The van der Waals surface area contributed by atoms with Crippen LogP contribution in [0.15, 0.2) is 71.3 Å². The van der Waals surface area contributed by atoms with Crippen LogP contribution in [0.4, 0.5) is 0 Å². The van der Waals surface area contributed by atoms with Crippen LogP contribution < -0.4 is 9.47 Å². The average molecular weight is 493 g/mol. The molecule has 0 bridgehead atoms. The van der Waals surface area contributed by atoms with Crippen molar-refractivity contribution in [2.45, 2.75) is 33.0 Å². The van der Waals surface area contributed by atoms with Gasteiger partial charge >= 0.3 is 0 Å². The number of nitriles is 1. The van der Waals surface area contributed by atoms with Crippen molar-refractivity contribution in [1.82, 2.24) is 5.16 Å². The fourth-order valence-electron chi connectivity index (χ4n) is 3.50. The highest BCUT2D eigenvalue weighted by Crippen LogP contribution is 2.38. The van der Waals surface area contributed by atoms with Crippen molar-refractivity contribution >= 4 is 23.2 Å². The Morgan fingerprint density at radius 1 is 0.912 bits per heavy atom. The second kappa shape index (κ2) is 10.6. The molecule has 0 saturated heterocycles. The van der Waals surface area contributed by atoms with Crippen LogP contribution in [0.5, 0.6) is 11.5 Å². The van der Waals surface area contributed by atoms with Crippen molar-refractivity contribution in [3.05, 3.63) is 99.2 Å². The normalized spacial score (nSPS) is 10.8. The van der Waals surface area contributed by atoms with Crippen molar-refractivity contribution in [3.8, 4) is 28.8 Å². The molecule has 1 aromatic heterocycles. The molecule has 4 aromatic rings. The van der Waals surface area contributed by atoms with Gasteiger partial charge in [0.1, 0.15) is 36.2 Å². The molecule has 0 aliphatic carbocycles. The molecule has 1 heterocycles. The Morgan fingerprint density at radius 3 is 2.26 bits per heavy atom. The molecule has 0 aliphatic heterocycles. The van der Waals surface area contributed by atoms with Crippen LogP contribution in [0, 0.1) is 11.3 Å². The van der Waals surface area contributed by atoms with Crippen molar-refractivity contribution in [2.24, 2.45) is 0 Å². The van der Waals surface area contributed by atoms with Crippen LogP contribution >= 0.6 is 23.2 Å². The Bertz CT molecular complexity index is 1300. The highest BCUT2D eigenvalue weighted by Gasteiger charge is 2.23. The lowest BCUT2D eigenvalue weighted by Gasteiger charge is -2.11. The third-order valence-electron chi connectivity index (χ3n) is 5.22. The van der Waals surface area contributed by atoms with Crippen LogP contribution in [0.25, 0.3) is 11.3 Å². The molecule has 0 aliphatic rings. The second-order valence-electron chi connectivity index (χ2n) is 7.99. The molecule has 0 fully saturated rings. The molecule has 0 amide bonds. The molecule has 0 unspecified atom stereocenters. The minimum absolute atomic E-state index is 0.111. The predicted molar refractivity (Wildman–Crippen MR) is 132 cm³/mol. The van der Waals surface area contributed by atoms with Gasteiger partial charge in [0.15, 0.2) is 0 Å². The van der Waals surface area contributed by atoms with E-state index in [2.05, 4.69) is 11.2 Å². The van der Waals surface area contributed by atoms with Gasteiger partial charge in [0.05, 0.1) is 27.2 Å². The van der Waals surface area contributed by atoms with Crippen molar-refractivity contribution in [2.75, 3.05) is 0 Å². The highest BCUT2D eigenvalue weighted by molar-refractivity contribution is 6.39. The monoisotopic (exact) mass is 492 g/mol. The van der Waals surface area contributed by atoms with Gasteiger partial charge in [0.25, 0.3) is 0 Å². The first kappa shape index (κ1) is 23.7. The van der Waals surface area contributed by atoms with Gasteiger partial charge in [0.2, 0.25) is 0 Å². The maximum Gasteiger partial charge on any atom is 0.146 e. The molecule has 0 atom stereocenters. The number of halogens is 2. The predicted octanol–water partition coefficient (Wildman–Crippen LogP) is 7.80. The third kappa shape index (κ3) is 5.36. The molecule has 7 heteroatoms. The van der Waals surface area contributed by atoms with E-state index in [-0.39, 0.29) is 12.5 Å². The van der Waals surface area contributed by atoms with Gasteiger partial charge in [-0.05, 0) is 48.0 Å². The Balaban J connectivity index is 1.47. The fraction of sp³-hybridized carbons (Fsp3) is 0.185. The smallest absolute Gasteiger partial charge is 0.146 e. The van der Waals surface area contributed by atoms with E-state index >= 15 is 0 Å². The van der Waals surface area contributed by atoms with Gasteiger partial charge in [-0.25, -0.2) is 0 Å². The Hall–Kier alpha value is -3.46. The Kier molecular flexibility index (Phi) is 7.42. The minimum Gasteiger partial charge on any atom is -0.489 e. The van der Waals surface area contributed by atoms with Gasteiger partial charge < -0.3 is 14.0 Å². The molecule has 5 nitrogen and oxygen atoms in total. The molecule has 0 spiro atoms. The lowest BCUT2D eigenvalue weighted by atomic mass is 10.0. The molecule has 0 N–H and O–H groups in total. The lowest BCUT2D eigenvalue weighted by molar-refractivity contribution is 0.296. The first-order chi connectivity index (χ1) is 16.5. The van der Waals surface area contributed by atoms with Gasteiger partial charge in [-0.1, -0.05) is 66.5 Å². The summed E-state index contributed by atoms with van der Waals surface area (Å²) in [4.78, 5) is 0. The largest absolute Gasteiger partial charge is 0.489 e. The summed E-state index contributed by atoms with van der Waals surface area (Å²) in [7, 11) is 0. The first-order valence-electron chi connectivity index (χ1n) is 10.7. The van der Waals surface area contributed by atoms with Crippen LogP contribution in [0.2, 0.25) is 10.0 Å². The minimum atomic E-state index is 0.111. The Morgan fingerprint density at radius 2 is 1.59 bits per heavy atom. The number of benzene rings is 3. The summed E-state index contributed by atoms with van der Waals surface area (Å²) in [6.07, 6.45) is 0. The summed E-state index contributed by atoms with van der Waals surface area (Å²) in [5.74, 6) is 2.19. The zero-order valence-corrected chi connectivity index (χ0v) is 20.2. The molecule has 0 saturated carbocycles. The number of nitrogens with zero attached hydrogens (tertiary/aromatic N) is 2. The molecular weight excluding hydrogens is 471 g/mol. The van der Waals surface area contributed by atoms with E-state index in [0.29, 0.717) is 45.0 Å². The topological polar surface area (TPSA) is 68.3 Å². The number of hydrogen-bond donors (Lipinski definition) is 0. The van der Waals surface area contributed by atoms with E-state index in [1.807, 2.05) is 44.2 Å². The molecule has 34 heavy (non-hydrogen) atoms. The molecule has 3 aromatic carbocycles.